The molecule has 0 radical (unpaired) electrons. The smallest absolute Gasteiger partial charge is 0.228 e. The zero-order valence-corrected chi connectivity index (χ0v) is 6.80. The summed E-state index contributed by atoms with van der Waals surface area (Å²) in [5.74, 6) is 0. The molecule has 0 amide bonds. The fourth-order valence-electron chi connectivity index (χ4n) is 0.732. The van der Waals surface area contributed by atoms with Gasteiger partial charge in [0, 0.05) is 17.6 Å². The average Bonchev–Trinajstić information content (AvgIpc) is 2.08. The van der Waals surface area contributed by atoms with Gasteiger partial charge in [-0.15, -0.1) is 0 Å². The second kappa shape index (κ2) is 6.30. The van der Waals surface area contributed by atoms with Gasteiger partial charge in [-0.1, -0.05) is 30.3 Å². The predicted octanol–water partition coefficient (Wildman–Crippen LogP) is 1.07. The van der Waals surface area contributed by atoms with E-state index in [1.807, 2.05) is 6.07 Å². The quantitative estimate of drug-likeness (QED) is 0.532. The van der Waals surface area contributed by atoms with Crippen LogP contribution in [0, 0.1) is 10.1 Å². The molecule has 12 heavy (non-hydrogen) atoms. The van der Waals surface area contributed by atoms with Crippen LogP contribution >= 0.6 is 0 Å². The Morgan fingerprint density at radius 2 is 1.83 bits per heavy atom. The van der Waals surface area contributed by atoms with Crippen LogP contribution in [0.5, 0.6) is 0 Å². The van der Waals surface area contributed by atoms with Crippen LogP contribution in [0.15, 0.2) is 30.3 Å². The minimum Gasteiger partial charge on any atom is -0.400 e. The lowest BCUT2D eigenvalue weighted by molar-refractivity contribution is -0.496. The van der Waals surface area contributed by atoms with E-state index < -0.39 is 0 Å². The number of aliphatic hydroxyl groups excluding tert-OH is 1. The Morgan fingerprint density at radius 1 is 1.33 bits per heavy atom. The Kier molecular flexibility index (Phi) is 5.55. The van der Waals surface area contributed by atoms with Crippen LogP contribution in [0.2, 0.25) is 0 Å². The van der Waals surface area contributed by atoms with Crippen LogP contribution < -0.4 is 0 Å². The first-order valence-electron chi connectivity index (χ1n) is 3.39. The fraction of sp³-hybridized carbons (Fsp3) is 0.250. The van der Waals surface area contributed by atoms with Gasteiger partial charge in [-0.3, -0.25) is 10.1 Å². The lowest BCUT2D eigenvalue weighted by atomic mass is 10.2. The number of hydrogen-bond donors (Lipinski definition) is 1. The summed E-state index contributed by atoms with van der Waals surface area (Å²) in [6, 6.07) is 8.90. The second-order valence-corrected chi connectivity index (χ2v) is 1.98. The monoisotopic (exact) mass is 169 g/mol. The van der Waals surface area contributed by atoms with Gasteiger partial charge >= 0.3 is 0 Å². The van der Waals surface area contributed by atoms with Crippen molar-refractivity contribution in [1.82, 2.24) is 0 Å². The van der Waals surface area contributed by atoms with E-state index in [0.717, 1.165) is 12.7 Å². The summed E-state index contributed by atoms with van der Waals surface area (Å²) in [5, 5.41) is 17.0. The number of hydrogen-bond acceptors (Lipinski definition) is 3. The molecule has 0 fully saturated rings. The van der Waals surface area contributed by atoms with Crippen molar-refractivity contribution in [3.05, 3.63) is 46.0 Å². The van der Waals surface area contributed by atoms with Gasteiger partial charge in [-0.2, -0.15) is 0 Å². The molecule has 0 saturated carbocycles. The summed E-state index contributed by atoms with van der Waals surface area (Å²) in [5.41, 5.74) is 0.743. The molecule has 0 heterocycles. The SMILES string of the molecule is CO.O=[N+]([O-])Cc1ccccc1. The number of aliphatic hydroxyl groups is 1. The van der Waals surface area contributed by atoms with Crippen LogP contribution in [0.4, 0.5) is 0 Å². The highest BCUT2D eigenvalue weighted by Crippen LogP contribution is 1.98. The summed E-state index contributed by atoms with van der Waals surface area (Å²) >= 11 is 0. The maximum atomic E-state index is 9.97. The van der Waals surface area contributed by atoms with Crippen molar-refractivity contribution in [1.29, 1.82) is 0 Å². The molecule has 0 saturated heterocycles. The van der Waals surface area contributed by atoms with Gasteiger partial charge in [0.1, 0.15) is 0 Å². The summed E-state index contributed by atoms with van der Waals surface area (Å²) in [6.45, 7) is -0.0825. The van der Waals surface area contributed by atoms with Crippen LogP contribution in [0.1, 0.15) is 5.56 Å². The van der Waals surface area contributed by atoms with E-state index in [1.165, 1.54) is 0 Å². The molecule has 0 spiro atoms. The molecule has 0 bridgehead atoms. The van der Waals surface area contributed by atoms with E-state index in [4.69, 9.17) is 5.11 Å². The van der Waals surface area contributed by atoms with Crippen molar-refractivity contribution in [2.75, 3.05) is 7.11 Å². The largest absolute Gasteiger partial charge is 0.400 e. The maximum Gasteiger partial charge on any atom is 0.228 e. The number of nitro groups is 1. The highest BCUT2D eigenvalue weighted by atomic mass is 16.6. The number of rotatable bonds is 2. The van der Waals surface area contributed by atoms with Crippen LogP contribution in [0.25, 0.3) is 0 Å². The third-order valence-electron chi connectivity index (χ3n) is 1.15. The first-order valence-corrected chi connectivity index (χ1v) is 3.39. The van der Waals surface area contributed by atoms with Gasteiger partial charge in [0.15, 0.2) is 0 Å². The van der Waals surface area contributed by atoms with E-state index >= 15 is 0 Å². The minimum atomic E-state index is -0.338. The summed E-state index contributed by atoms with van der Waals surface area (Å²) in [6.07, 6.45) is 0. The molecule has 4 nitrogen and oxygen atoms in total. The lowest BCUT2D eigenvalue weighted by Crippen LogP contribution is -1.96. The highest BCUT2D eigenvalue weighted by molar-refractivity contribution is 5.13. The third kappa shape index (κ3) is 4.40. The highest BCUT2D eigenvalue weighted by Gasteiger charge is 1.97. The van der Waals surface area contributed by atoms with Gasteiger partial charge in [0.25, 0.3) is 0 Å². The molecule has 0 aromatic heterocycles. The molecule has 0 unspecified atom stereocenters. The van der Waals surface area contributed by atoms with Crippen molar-refractivity contribution in [3.63, 3.8) is 0 Å². The molecule has 0 aliphatic rings. The zero-order chi connectivity index (χ0) is 9.40. The predicted molar refractivity (Wildman–Crippen MR) is 45.3 cm³/mol. The van der Waals surface area contributed by atoms with Gasteiger partial charge in [0.2, 0.25) is 6.54 Å². The molecular weight excluding hydrogens is 158 g/mol. The first kappa shape index (κ1) is 10.6. The van der Waals surface area contributed by atoms with Crippen LogP contribution in [-0.2, 0) is 6.54 Å². The summed E-state index contributed by atoms with van der Waals surface area (Å²) in [7, 11) is 1.00. The van der Waals surface area contributed by atoms with Crippen LogP contribution in [-0.4, -0.2) is 17.1 Å². The Morgan fingerprint density at radius 3 is 2.25 bits per heavy atom. The van der Waals surface area contributed by atoms with Gasteiger partial charge in [-0.05, 0) is 0 Å². The molecule has 1 aromatic carbocycles. The summed E-state index contributed by atoms with van der Waals surface area (Å²) < 4.78 is 0. The Hall–Kier alpha value is -1.42. The van der Waals surface area contributed by atoms with Gasteiger partial charge in [-0.25, -0.2) is 0 Å². The minimum absolute atomic E-state index is 0.0825. The van der Waals surface area contributed by atoms with Gasteiger partial charge < -0.3 is 5.11 Å². The van der Waals surface area contributed by atoms with Crippen LogP contribution in [0.3, 0.4) is 0 Å². The Bertz CT molecular complexity index is 223. The number of benzene rings is 1. The zero-order valence-electron chi connectivity index (χ0n) is 6.80. The van der Waals surface area contributed by atoms with E-state index in [1.54, 1.807) is 24.3 Å². The number of nitrogens with zero attached hydrogens (tertiary/aromatic N) is 1. The van der Waals surface area contributed by atoms with Crippen molar-refractivity contribution >= 4 is 0 Å². The van der Waals surface area contributed by atoms with E-state index in [2.05, 4.69) is 0 Å². The maximum absolute atomic E-state index is 9.97. The molecule has 1 rings (SSSR count). The van der Waals surface area contributed by atoms with E-state index in [9.17, 15) is 10.1 Å². The van der Waals surface area contributed by atoms with Crippen molar-refractivity contribution < 1.29 is 10.0 Å². The normalized spacial score (nSPS) is 8.17. The molecule has 0 atom stereocenters. The fourth-order valence-corrected chi connectivity index (χ4v) is 0.732. The van der Waals surface area contributed by atoms with E-state index in [-0.39, 0.29) is 11.5 Å². The third-order valence-corrected chi connectivity index (χ3v) is 1.15. The van der Waals surface area contributed by atoms with Crippen molar-refractivity contribution in [2.24, 2.45) is 0 Å². The molecule has 0 aliphatic heterocycles. The summed E-state index contributed by atoms with van der Waals surface area (Å²) in [4.78, 5) is 9.64. The topological polar surface area (TPSA) is 63.4 Å². The molecule has 1 N–H and O–H groups in total. The lowest BCUT2D eigenvalue weighted by Gasteiger charge is -1.90. The molecule has 66 valence electrons. The second-order valence-electron chi connectivity index (χ2n) is 1.98. The molecule has 4 heteroatoms. The Labute approximate surface area is 70.6 Å². The standard InChI is InChI=1S/C7H7NO2.CH4O/c9-8(10)6-7-4-2-1-3-5-7;1-2/h1-5H,6H2;2H,1H3. The first-order chi connectivity index (χ1) is 5.79. The van der Waals surface area contributed by atoms with E-state index in [0.29, 0.717) is 0 Å². The molecule has 1 aromatic rings. The Balaban J connectivity index is 0.000000561. The van der Waals surface area contributed by atoms with Gasteiger partial charge in [0.05, 0.1) is 0 Å². The average molecular weight is 169 g/mol. The molecular formula is C8H11NO3. The van der Waals surface area contributed by atoms with Crippen molar-refractivity contribution in [3.8, 4) is 0 Å². The molecule has 0 aliphatic carbocycles. The van der Waals surface area contributed by atoms with Crippen molar-refractivity contribution in [2.45, 2.75) is 6.54 Å².